The van der Waals surface area contributed by atoms with Crippen molar-refractivity contribution in [2.75, 3.05) is 19.0 Å². The highest BCUT2D eigenvalue weighted by atomic mass is 16.5. The molecule has 0 saturated carbocycles. The maximum absolute atomic E-state index is 12.2. The van der Waals surface area contributed by atoms with Crippen molar-refractivity contribution in [3.8, 4) is 0 Å². The lowest BCUT2D eigenvalue weighted by atomic mass is 10.2. The molecule has 1 amide bonds. The molecule has 22 heavy (non-hydrogen) atoms. The largest absolute Gasteiger partial charge is 0.383 e. The standard InChI is InChI=1S/C17H19N3O2/c1-19-8-3-4-16(19)17(21)18-14-5-6-15-13(12-14)7-9-20(15)10-11-22-2/h3-9,12H,10-11H2,1-2H3,(H,18,21). The molecule has 5 nitrogen and oxygen atoms in total. The molecule has 0 radical (unpaired) electrons. The molecule has 3 aromatic rings. The van der Waals surface area contributed by atoms with Crippen LogP contribution < -0.4 is 5.32 Å². The van der Waals surface area contributed by atoms with Crippen molar-refractivity contribution in [1.82, 2.24) is 9.13 Å². The van der Waals surface area contributed by atoms with Crippen LogP contribution in [0.3, 0.4) is 0 Å². The van der Waals surface area contributed by atoms with E-state index in [1.807, 2.05) is 49.8 Å². The second-order valence-corrected chi connectivity index (χ2v) is 5.23. The van der Waals surface area contributed by atoms with Gasteiger partial charge in [-0.25, -0.2) is 0 Å². The fourth-order valence-electron chi connectivity index (χ4n) is 2.55. The van der Waals surface area contributed by atoms with Crippen LogP contribution in [0.1, 0.15) is 10.5 Å². The molecule has 3 rings (SSSR count). The summed E-state index contributed by atoms with van der Waals surface area (Å²) in [5.41, 5.74) is 2.56. The number of amides is 1. The number of nitrogens with zero attached hydrogens (tertiary/aromatic N) is 2. The summed E-state index contributed by atoms with van der Waals surface area (Å²) in [5.74, 6) is -0.106. The summed E-state index contributed by atoms with van der Waals surface area (Å²) in [6, 6.07) is 11.6. The molecule has 0 aliphatic heterocycles. The first kappa shape index (κ1) is 14.4. The minimum Gasteiger partial charge on any atom is -0.383 e. The molecular formula is C17H19N3O2. The number of benzene rings is 1. The van der Waals surface area contributed by atoms with Gasteiger partial charge >= 0.3 is 0 Å². The van der Waals surface area contributed by atoms with Gasteiger partial charge in [0.1, 0.15) is 5.69 Å². The second-order valence-electron chi connectivity index (χ2n) is 5.23. The highest BCUT2D eigenvalue weighted by Gasteiger charge is 2.10. The molecular weight excluding hydrogens is 278 g/mol. The van der Waals surface area contributed by atoms with Crippen LogP contribution in [-0.4, -0.2) is 28.8 Å². The number of anilines is 1. The van der Waals surface area contributed by atoms with Crippen molar-refractivity contribution in [3.63, 3.8) is 0 Å². The van der Waals surface area contributed by atoms with Crippen LogP contribution in [0.2, 0.25) is 0 Å². The average molecular weight is 297 g/mol. The summed E-state index contributed by atoms with van der Waals surface area (Å²) in [5, 5.41) is 4.03. The van der Waals surface area contributed by atoms with E-state index in [1.54, 1.807) is 17.7 Å². The third-order valence-corrected chi connectivity index (χ3v) is 3.74. The van der Waals surface area contributed by atoms with E-state index in [1.165, 1.54) is 0 Å². The number of hydrogen-bond donors (Lipinski definition) is 1. The molecule has 0 fully saturated rings. The van der Waals surface area contributed by atoms with Gasteiger partial charge in [0.2, 0.25) is 0 Å². The number of methoxy groups -OCH3 is 1. The monoisotopic (exact) mass is 297 g/mol. The fraction of sp³-hybridized carbons (Fsp3) is 0.235. The van der Waals surface area contributed by atoms with Crippen molar-refractivity contribution in [1.29, 1.82) is 0 Å². The van der Waals surface area contributed by atoms with Gasteiger partial charge < -0.3 is 19.2 Å². The Morgan fingerprint density at radius 2 is 2.09 bits per heavy atom. The van der Waals surface area contributed by atoms with Crippen LogP contribution in [0, 0.1) is 0 Å². The Labute approximate surface area is 129 Å². The lowest BCUT2D eigenvalue weighted by Gasteiger charge is -2.08. The Bertz CT molecular complexity index is 801. The number of ether oxygens (including phenoxy) is 1. The summed E-state index contributed by atoms with van der Waals surface area (Å²) in [6.45, 7) is 1.49. The van der Waals surface area contributed by atoms with Gasteiger partial charge in [0.15, 0.2) is 0 Å². The molecule has 0 saturated heterocycles. The van der Waals surface area contributed by atoms with Crippen molar-refractivity contribution < 1.29 is 9.53 Å². The number of nitrogens with one attached hydrogen (secondary N) is 1. The van der Waals surface area contributed by atoms with Crippen LogP contribution >= 0.6 is 0 Å². The predicted molar refractivity (Wildman–Crippen MR) is 87.2 cm³/mol. The molecule has 2 heterocycles. The first-order valence-corrected chi connectivity index (χ1v) is 7.19. The Hall–Kier alpha value is -2.53. The van der Waals surface area contributed by atoms with Gasteiger partial charge in [-0.1, -0.05) is 0 Å². The fourth-order valence-corrected chi connectivity index (χ4v) is 2.55. The SMILES string of the molecule is COCCn1ccc2cc(NC(=O)c3cccn3C)ccc21. The van der Waals surface area contributed by atoms with E-state index in [0.29, 0.717) is 12.3 Å². The number of aryl methyl sites for hydroxylation is 1. The number of carbonyl (C=O) groups excluding carboxylic acids is 1. The Kier molecular flexibility index (Phi) is 3.98. The normalized spacial score (nSPS) is 11.0. The van der Waals surface area contributed by atoms with Crippen molar-refractivity contribution in [2.45, 2.75) is 6.54 Å². The van der Waals surface area contributed by atoms with Gasteiger partial charge in [-0.05, 0) is 36.4 Å². The molecule has 114 valence electrons. The zero-order chi connectivity index (χ0) is 15.5. The highest BCUT2D eigenvalue weighted by Crippen LogP contribution is 2.21. The molecule has 0 unspecified atom stereocenters. The molecule has 0 spiro atoms. The number of fused-ring (bicyclic) bond motifs is 1. The highest BCUT2D eigenvalue weighted by molar-refractivity contribution is 6.04. The van der Waals surface area contributed by atoms with Gasteiger partial charge in [-0.3, -0.25) is 4.79 Å². The molecule has 2 aromatic heterocycles. The quantitative estimate of drug-likeness (QED) is 0.787. The molecule has 1 aromatic carbocycles. The van der Waals surface area contributed by atoms with E-state index >= 15 is 0 Å². The van der Waals surface area contributed by atoms with Crippen LogP contribution in [-0.2, 0) is 18.3 Å². The lowest BCUT2D eigenvalue weighted by Crippen LogP contribution is -2.15. The number of hydrogen-bond acceptors (Lipinski definition) is 2. The van der Waals surface area contributed by atoms with Gasteiger partial charge in [0, 0.05) is 49.7 Å². The summed E-state index contributed by atoms with van der Waals surface area (Å²) in [6.07, 6.45) is 3.89. The minimum absolute atomic E-state index is 0.106. The molecule has 0 bridgehead atoms. The van der Waals surface area contributed by atoms with Crippen LogP contribution in [0.15, 0.2) is 48.8 Å². The number of aromatic nitrogens is 2. The second kappa shape index (κ2) is 6.07. The Morgan fingerprint density at radius 3 is 2.82 bits per heavy atom. The number of carbonyl (C=O) groups is 1. The van der Waals surface area contributed by atoms with E-state index in [4.69, 9.17) is 4.74 Å². The van der Waals surface area contributed by atoms with Crippen LogP contribution in [0.5, 0.6) is 0 Å². The van der Waals surface area contributed by atoms with E-state index in [2.05, 4.69) is 9.88 Å². The first-order valence-electron chi connectivity index (χ1n) is 7.19. The smallest absolute Gasteiger partial charge is 0.272 e. The lowest BCUT2D eigenvalue weighted by molar-refractivity contribution is 0.101. The maximum atomic E-state index is 12.2. The Morgan fingerprint density at radius 1 is 1.23 bits per heavy atom. The third-order valence-electron chi connectivity index (χ3n) is 3.74. The van der Waals surface area contributed by atoms with Gasteiger partial charge in [0.05, 0.1) is 6.61 Å². The predicted octanol–water partition coefficient (Wildman–Crippen LogP) is 2.88. The molecule has 1 N–H and O–H groups in total. The van der Waals surface area contributed by atoms with Crippen molar-refractivity contribution >= 4 is 22.5 Å². The first-order chi connectivity index (χ1) is 10.7. The van der Waals surface area contributed by atoms with Crippen LogP contribution in [0.25, 0.3) is 10.9 Å². The van der Waals surface area contributed by atoms with E-state index in [9.17, 15) is 4.79 Å². The molecule has 0 aliphatic carbocycles. The zero-order valence-electron chi connectivity index (χ0n) is 12.7. The number of rotatable bonds is 5. The molecule has 5 heteroatoms. The van der Waals surface area contributed by atoms with Crippen molar-refractivity contribution in [3.05, 3.63) is 54.5 Å². The van der Waals surface area contributed by atoms with E-state index in [-0.39, 0.29) is 5.91 Å². The van der Waals surface area contributed by atoms with Gasteiger partial charge in [0.25, 0.3) is 5.91 Å². The minimum atomic E-state index is -0.106. The molecule has 0 aliphatic rings. The zero-order valence-corrected chi connectivity index (χ0v) is 12.7. The van der Waals surface area contributed by atoms with E-state index < -0.39 is 0 Å². The Balaban J connectivity index is 1.81. The topological polar surface area (TPSA) is 48.2 Å². The third kappa shape index (κ3) is 2.76. The maximum Gasteiger partial charge on any atom is 0.272 e. The van der Waals surface area contributed by atoms with Crippen molar-refractivity contribution in [2.24, 2.45) is 7.05 Å². The van der Waals surface area contributed by atoms with Gasteiger partial charge in [-0.15, -0.1) is 0 Å². The summed E-state index contributed by atoms with van der Waals surface area (Å²) in [7, 11) is 3.55. The van der Waals surface area contributed by atoms with Gasteiger partial charge in [-0.2, -0.15) is 0 Å². The summed E-state index contributed by atoms with van der Waals surface area (Å²) in [4.78, 5) is 12.2. The van der Waals surface area contributed by atoms with E-state index in [0.717, 1.165) is 23.1 Å². The summed E-state index contributed by atoms with van der Waals surface area (Å²) < 4.78 is 9.05. The average Bonchev–Trinajstić information content (AvgIpc) is 3.11. The summed E-state index contributed by atoms with van der Waals surface area (Å²) >= 11 is 0. The van der Waals surface area contributed by atoms with Crippen LogP contribution in [0.4, 0.5) is 5.69 Å². The molecule has 0 atom stereocenters.